The molecule has 26 heavy (non-hydrogen) atoms. The molecule has 1 aliphatic carbocycles. The van der Waals surface area contributed by atoms with E-state index in [1.165, 1.54) is 12.8 Å². The molecule has 0 radical (unpaired) electrons. The fourth-order valence-corrected chi connectivity index (χ4v) is 4.70. The van der Waals surface area contributed by atoms with E-state index < -0.39 is 12.5 Å². The normalized spacial score (nSPS) is 41.6. The van der Waals surface area contributed by atoms with Crippen molar-refractivity contribution >= 4 is 0 Å². The minimum absolute atomic E-state index is 0.0150. The fraction of sp³-hybridized carbons (Fsp3) is 0.905. The average molecular weight is 371 g/mol. The van der Waals surface area contributed by atoms with E-state index in [1.807, 2.05) is 0 Å². The highest BCUT2D eigenvalue weighted by molar-refractivity contribution is 5.08. The molecule has 0 aromatic heterocycles. The monoisotopic (exact) mass is 370 g/mol. The van der Waals surface area contributed by atoms with Crippen LogP contribution >= 0.6 is 0 Å². The number of rotatable bonds is 8. The molecule has 3 fully saturated rings. The minimum atomic E-state index is -1.29. The van der Waals surface area contributed by atoms with Gasteiger partial charge in [0.1, 0.15) is 0 Å². The summed E-state index contributed by atoms with van der Waals surface area (Å²) in [6, 6.07) is 0. The van der Waals surface area contributed by atoms with Crippen LogP contribution in [-0.2, 0) is 14.2 Å². The number of allylic oxidation sites excluding steroid dienone is 1. The van der Waals surface area contributed by atoms with Crippen LogP contribution in [0.3, 0.4) is 0 Å². The van der Waals surface area contributed by atoms with Gasteiger partial charge in [-0.3, -0.25) is 0 Å². The number of aliphatic hydroxyl groups excluding tert-OH is 1. The van der Waals surface area contributed by atoms with Gasteiger partial charge < -0.3 is 19.3 Å². The third-order valence-corrected chi connectivity index (χ3v) is 6.19. The van der Waals surface area contributed by atoms with E-state index in [9.17, 15) is 9.50 Å². The van der Waals surface area contributed by atoms with Crippen LogP contribution in [0.1, 0.15) is 65.2 Å². The van der Waals surface area contributed by atoms with Crippen LogP contribution in [0.4, 0.5) is 4.39 Å². The molecule has 3 rings (SSSR count). The van der Waals surface area contributed by atoms with Crippen molar-refractivity contribution in [3.8, 4) is 0 Å². The number of aliphatic hydroxyl groups is 1. The number of hydrogen-bond donors (Lipinski definition) is 1. The van der Waals surface area contributed by atoms with Gasteiger partial charge in [0.2, 0.25) is 0 Å². The summed E-state index contributed by atoms with van der Waals surface area (Å²) in [7, 11) is 0. The summed E-state index contributed by atoms with van der Waals surface area (Å²) in [6.07, 6.45) is 9.92. The molecule has 0 bridgehead atoms. The predicted molar refractivity (Wildman–Crippen MR) is 98.3 cm³/mol. The van der Waals surface area contributed by atoms with Crippen molar-refractivity contribution < 1.29 is 23.7 Å². The molecule has 2 saturated heterocycles. The van der Waals surface area contributed by atoms with Gasteiger partial charge in [0.15, 0.2) is 18.8 Å². The van der Waals surface area contributed by atoms with Crippen molar-refractivity contribution in [3.63, 3.8) is 0 Å². The van der Waals surface area contributed by atoms with Crippen molar-refractivity contribution in [2.45, 2.75) is 96.2 Å². The SMILES string of the molecule is CCCCCC(/C=C/[C@H]1[C@@H]2[C@H](F)C(O)O[C@@H]2C[C@@H]1C)OC1CCCCO1. The number of ether oxygens (including phenoxy) is 3. The minimum Gasteiger partial charge on any atom is -0.366 e. The van der Waals surface area contributed by atoms with Crippen LogP contribution in [0.15, 0.2) is 12.2 Å². The number of hydrogen-bond acceptors (Lipinski definition) is 4. The Morgan fingerprint density at radius 1 is 1.31 bits per heavy atom. The van der Waals surface area contributed by atoms with E-state index in [0.717, 1.165) is 45.1 Å². The maximum atomic E-state index is 14.4. The smallest absolute Gasteiger partial charge is 0.186 e. The zero-order valence-corrected chi connectivity index (χ0v) is 16.2. The Kier molecular flexibility index (Phi) is 7.50. The van der Waals surface area contributed by atoms with Gasteiger partial charge in [0.05, 0.1) is 12.2 Å². The molecule has 0 aromatic rings. The molecular weight excluding hydrogens is 335 g/mol. The molecule has 150 valence electrons. The quantitative estimate of drug-likeness (QED) is 0.509. The molecule has 3 aliphatic rings. The van der Waals surface area contributed by atoms with Crippen molar-refractivity contribution in [1.29, 1.82) is 0 Å². The van der Waals surface area contributed by atoms with Gasteiger partial charge in [-0.2, -0.15) is 0 Å². The fourth-order valence-electron chi connectivity index (χ4n) is 4.70. The Morgan fingerprint density at radius 2 is 2.15 bits per heavy atom. The van der Waals surface area contributed by atoms with Crippen LogP contribution in [0.5, 0.6) is 0 Å². The lowest BCUT2D eigenvalue weighted by atomic mass is 9.86. The molecule has 4 nitrogen and oxygen atoms in total. The van der Waals surface area contributed by atoms with E-state index in [0.29, 0.717) is 5.92 Å². The molecular formula is C21H35FO4. The second kappa shape index (κ2) is 9.63. The van der Waals surface area contributed by atoms with Crippen LogP contribution in [-0.4, -0.2) is 42.7 Å². The second-order valence-electron chi connectivity index (χ2n) is 8.23. The molecule has 1 N–H and O–H groups in total. The van der Waals surface area contributed by atoms with Crippen LogP contribution in [0.25, 0.3) is 0 Å². The third kappa shape index (κ3) is 4.86. The molecule has 0 amide bonds. The molecule has 0 aromatic carbocycles. The van der Waals surface area contributed by atoms with Gasteiger partial charge in [-0.15, -0.1) is 0 Å². The number of unbranched alkanes of at least 4 members (excludes halogenated alkanes) is 2. The highest BCUT2D eigenvalue weighted by atomic mass is 19.1. The van der Waals surface area contributed by atoms with Crippen LogP contribution < -0.4 is 0 Å². The molecule has 3 unspecified atom stereocenters. The maximum absolute atomic E-state index is 14.4. The Bertz CT molecular complexity index is 451. The van der Waals surface area contributed by atoms with Crippen molar-refractivity contribution in [2.24, 2.45) is 17.8 Å². The highest BCUT2D eigenvalue weighted by Crippen LogP contribution is 2.47. The first kappa shape index (κ1) is 20.2. The average Bonchev–Trinajstić information content (AvgIpc) is 3.08. The first-order valence-electron chi connectivity index (χ1n) is 10.5. The summed E-state index contributed by atoms with van der Waals surface area (Å²) in [5.41, 5.74) is 0. The molecule has 1 saturated carbocycles. The summed E-state index contributed by atoms with van der Waals surface area (Å²) in [6.45, 7) is 5.12. The van der Waals surface area contributed by atoms with E-state index >= 15 is 0 Å². The Morgan fingerprint density at radius 3 is 2.88 bits per heavy atom. The predicted octanol–water partition coefficient (Wildman–Crippen LogP) is 4.36. The van der Waals surface area contributed by atoms with Crippen LogP contribution in [0, 0.1) is 17.8 Å². The first-order chi connectivity index (χ1) is 12.6. The molecule has 2 aliphatic heterocycles. The summed E-state index contributed by atoms with van der Waals surface area (Å²) in [5.74, 6) is 0.212. The third-order valence-electron chi connectivity index (χ3n) is 6.19. The molecule has 0 spiro atoms. The van der Waals surface area contributed by atoms with Crippen molar-refractivity contribution in [1.82, 2.24) is 0 Å². The standard InChI is InChI=1S/C21H35FO4/c1-3-4-5-8-15(25-18-9-6-7-12-24-18)10-11-16-14(2)13-17-19(16)20(22)21(23)26-17/h10-11,14-21,23H,3-9,12-13H2,1-2H3/b11-10+/t14-,15?,16+,17+,18?,19-,20-,21?/m0/s1. The number of alkyl halides is 1. The van der Waals surface area contributed by atoms with Crippen molar-refractivity contribution in [2.75, 3.05) is 6.61 Å². The molecule has 8 atom stereocenters. The molecule has 5 heteroatoms. The lowest BCUT2D eigenvalue weighted by molar-refractivity contribution is -0.179. The second-order valence-corrected chi connectivity index (χ2v) is 8.23. The zero-order chi connectivity index (χ0) is 18.5. The summed E-state index contributed by atoms with van der Waals surface area (Å²) < 4.78 is 31.7. The topological polar surface area (TPSA) is 47.9 Å². The van der Waals surface area contributed by atoms with Gasteiger partial charge in [0, 0.05) is 12.5 Å². The lowest BCUT2D eigenvalue weighted by Crippen LogP contribution is -2.28. The maximum Gasteiger partial charge on any atom is 0.186 e. The van der Waals surface area contributed by atoms with E-state index in [4.69, 9.17) is 14.2 Å². The largest absolute Gasteiger partial charge is 0.366 e. The Balaban J connectivity index is 1.62. The lowest BCUT2D eigenvalue weighted by Gasteiger charge is -2.27. The van der Waals surface area contributed by atoms with E-state index in [2.05, 4.69) is 26.0 Å². The Hall–Kier alpha value is -0.490. The van der Waals surface area contributed by atoms with Gasteiger partial charge in [-0.1, -0.05) is 45.3 Å². The van der Waals surface area contributed by atoms with E-state index in [1.54, 1.807) is 0 Å². The summed E-state index contributed by atoms with van der Waals surface area (Å²) in [4.78, 5) is 0. The first-order valence-corrected chi connectivity index (χ1v) is 10.5. The number of fused-ring (bicyclic) bond motifs is 1. The zero-order valence-electron chi connectivity index (χ0n) is 16.2. The highest BCUT2D eigenvalue weighted by Gasteiger charge is 2.53. The Labute approximate surface area is 157 Å². The van der Waals surface area contributed by atoms with Crippen LogP contribution in [0.2, 0.25) is 0 Å². The van der Waals surface area contributed by atoms with Gasteiger partial charge >= 0.3 is 0 Å². The molecule has 2 heterocycles. The number of halogens is 1. The van der Waals surface area contributed by atoms with Gasteiger partial charge in [-0.25, -0.2) is 4.39 Å². The van der Waals surface area contributed by atoms with Gasteiger partial charge in [0.25, 0.3) is 0 Å². The summed E-state index contributed by atoms with van der Waals surface area (Å²) in [5, 5.41) is 9.68. The van der Waals surface area contributed by atoms with Crippen molar-refractivity contribution in [3.05, 3.63) is 12.2 Å². The van der Waals surface area contributed by atoms with E-state index in [-0.39, 0.29) is 30.3 Å². The van der Waals surface area contributed by atoms with Gasteiger partial charge in [-0.05, 0) is 43.9 Å². The summed E-state index contributed by atoms with van der Waals surface area (Å²) >= 11 is 0.